The summed E-state index contributed by atoms with van der Waals surface area (Å²) in [6, 6.07) is 0.788. The first kappa shape index (κ1) is 9.69. The topological polar surface area (TPSA) is 12.9 Å². The summed E-state index contributed by atoms with van der Waals surface area (Å²) >= 11 is 1.68. The van der Waals surface area contributed by atoms with Gasteiger partial charge in [0.05, 0.1) is 0 Å². The Morgan fingerprint density at radius 1 is 1.33 bits per heavy atom. The molecule has 0 saturated heterocycles. The van der Waals surface area contributed by atoms with Gasteiger partial charge in [-0.25, -0.2) is 9.37 Å². The molecule has 0 amide bonds. The monoisotopic (exact) mass is 291 g/mol. The summed E-state index contributed by atoms with van der Waals surface area (Å²) in [5.41, 5.74) is -1.47. The summed E-state index contributed by atoms with van der Waals surface area (Å²) in [6.07, 6.45) is -3.75. The van der Waals surface area contributed by atoms with E-state index >= 15 is 0 Å². The highest BCUT2D eigenvalue weighted by Gasteiger charge is 2.35. The molecule has 0 saturated carbocycles. The number of pyridine rings is 1. The zero-order valence-electron chi connectivity index (χ0n) is 5.49. The maximum Gasteiger partial charge on any atom is 0.436 e. The Bertz CT molecular complexity index is 296. The minimum Gasteiger partial charge on any atom is -0.248 e. The van der Waals surface area contributed by atoms with E-state index in [0.717, 1.165) is 12.3 Å². The average Bonchev–Trinajstić information content (AvgIpc) is 1.83. The van der Waals surface area contributed by atoms with Crippen molar-refractivity contribution in [1.29, 1.82) is 0 Å². The van der Waals surface area contributed by atoms with Crippen molar-refractivity contribution in [3.05, 3.63) is 27.3 Å². The fraction of sp³-hybridized carbons (Fsp3) is 0.167. The van der Waals surface area contributed by atoms with Gasteiger partial charge in [-0.15, -0.1) is 0 Å². The van der Waals surface area contributed by atoms with Crippen LogP contribution >= 0.6 is 22.6 Å². The number of halogens is 5. The van der Waals surface area contributed by atoms with Gasteiger partial charge in [-0.05, 0) is 28.7 Å². The Morgan fingerprint density at radius 2 is 1.92 bits per heavy atom. The molecule has 0 fully saturated rings. The van der Waals surface area contributed by atoms with Crippen LogP contribution in [0.15, 0.2) is 12.3 Å². The van der Waals surface area contributed by atoms with Crippen LogP contribution < -0.4 is 0 Å². The van der Waals surface area contributed by atoms with Crippen LogP contribution in [0.4, 0.5) is 17.6 Å². The first-order chi connectivity index (χ1) is 5.41. The molecule has 0 aliphatic rings. The highest BCUT2D eigenvalue weighted by molar-refractivity contribution is 14.1. The van der Waals surface area contributed by atoms with Gasteiger partial charge in [0.15, 0.2) is 11.5 Å². The molecule has 0 N–H and O–H groups in total. The summed E-state index contributed by atoms with van der Waals surface area (Å²) < 4.78 is 48.5. The van der Waals surface area contributed by atoms with Gasteiger partial charge in [-0.2, -0.15) is 13.2 Å². The third kappa shape index (κ3) is 2.05. The first-order valence-corrected chi connectivity index (χ1v) is 3.87. The first-order valence-electron chi connectivity index (χ1n) is 2.79. The van der Waals surface area contributed by atoms with Crippen LogP contribution in [0.2, 0.25) is 0 Å². The summed E-state index contributed by atoms with van der Waals surface area (Å²) in [5.74, 6) is -1.34. The molecular weight excluding hydrogens is 289 g/mol. The lowest BCUT2D eigenvalue weighted by atomic mass is 10.3. The highest BCUT2D eigenvalue weighted by atomic mass is 127. The van der Waals surface area contributed by atoms with E-state index in [9.17, 15) is 17.6 Å². The zero-order valence-corrected chi connectivity index (χ0v) is 7.65. The molecule has 0 atom stereocenters. The normalized spacial score (nSPS) is 11.8. The number of rotatable bonds is 0. The maximum absolute atomic E-state index is 12.6. The van der Waals surface area contributed by atoms with Crippen molar-refractivity contribution in [2.75, 3.05) is 0 Å². The summed E-state index contributed by atoms with van der Waals surface area (Å²) in [4.78, 5) is 2.94. The molecule has 0 radical (unpaired) electrons. The third-order valence-electron chi connectivity index (χ3n) is 1.08. The van der Waals surface area contributed by atoms with Gasteiger partial charge in [0.25, 0.3) is 0 Å². The van der Waals surface area contributed by atoms with Crippen LogP contribution in [-0.4, -0.2) is 4.98 Å². The van der Waals surface area contributed by atoms with Crippen molar-refractivity contribution in [1.82, 2.24) is 4.98 Å². The van der Waals surface area contributed by atoms with E-state index in [0.29, 0.717) is 3.57 Å². The second-order valence-corrected chi connectivity index (χ2v) is 3.23. The van der Waals surface area contributed by atoms with Gasteiger partial charge in [0, 0.05) is 9.77 Å². The number of nitrogens with zero attached hydrogens (tertiary/aromatic N) is 1. The Kier molecular flexibility index (Phi) is 2.55. The summed E-state index contributed by atoms with van der Waals surface area (Å²) in [5, 5.41) is 0. The smallest absolute Gasteiger partial charge is 0.248 e. The molecule has 66 valence electrons. The lowest BCUT2D eigenvalue weighted by molar-refractivity contribution is -0.143. The van der Waals surface area contributed by atoms with Crippen molar-refractivity contribution in [2.45, 2.75) is 6.18 Å². The SMILES string of the molecule is Fc1cc(I)cnc1C(F)(F)F. The molecule has 0 aliphatic carbocycles. The molecule has 12 heavy (non-hydrogen) atoms. The highest BCUT2D eigenvalue weighted by Crippen LogP contribution is 2.29. The van der Waals surface area contributed by atoms with Gasteiger partial charge in [0.2, 0.25) is 0 Å². The second kappa shape index (κ2) is 3.15. The van der Waals surface area contributed by atoms with Gasteiger partial charge in [-0.3, -0.25) is 0 Å². The van der Waals surface area contributed by atoms with Crippen LogP contribution in [0, 0.1) is 9.39 Å². The van der Waals surface area contributed by atoms with Gasteiger partial charge >= 0.3 is 6.18 Å². The molecular formula is C6H2F4IN. The molecule has 6 heteroatoms. The molecule has 0 spiro atoms. The van der Waals surface area contributed by atoms with Crippen LogP contribution in [0.5, 0.6) is 0 Å². The van der Waals surface area contributed by atoms with Crippen LogP contribution in [0.1, 0.15) is 5.69 Å². The van der Waals surface area contributed by atoms with E-state index < -0.39 is 17.7 Å². The van der Waals surface area contributed by atoms with E-state index in [1.54, 1.807) is 22.6 Å². The van der Waals surface area contributed by atoms with E-state index in [4.69, 9.17) is 0 Å². The largest absolute Gasteiger partial charge is 0.436 e. The number of hydrogen-bond acceptors (Lipinski definition) is 1. The van der Waals surface area contributed by atoms with Crippen LogP contribution in [0.3, 0.4) is 0 Å². The Labute approximate surface area is 78.9 Å². The minimum atomic E-state index is -4.71. The number of aromatic nitrogens is 1. The van der Waals surface area contributed by atoms with Crippen LogP contribution in [0.25, 0.3) is 0 Å². The van der Waals surface area contributed by atoms with Crippen molar-refractivity contribution in [2.24, 2.45) is 0 Å². The second-order valence-electron chi connectivity index (χ2n) is 1.98. The third-order valence-corrected chi connectivity index (χ3v) is 1.67. The molecule has 1 aromatic rings. The van der Waals surface area contributed by atoms with Crippen molar-refractivity contribution in [3.63, 3.8) is 0 Å². The van der Waals surface area contributed by atoms with Crippen molar-refractivity contribution >= 4 is 22.6 Å². The van der Waals surface area contributed by atoms with Crippen LogP contribution in [-0.2, 0) is 6.18 Å². The molecule has 0 aromatic carbocycles. The quantitative estimate of drug-likeness (QED) is 0.529. The minimum absolute atomic E-state index is 0.332. The average molecular weight is 291 g/mol. The molecule has 0 aliphatic heterocycles. The molecule has 1 nitrogen and oxygen atoms in total. The predicted octanol–water partition coefficient (Wildman–Crippen LogP) is 2.84. The molecule has 1 aromatic heterocycles. The van der Waals surface area contributed by atoms with Gasteiger partial charge in [0.1, 0.15) is 0 Å². The fourth-order valence-electron chi connectivity index (χ4n) is 0.623. The molecule has 0 bridgehead atoms. The van der Waals surface area contributed by atoms with E-state index in [1.165, 1.54) is 0 Å². The number of alkyl halides is 3. The molecule has 1 rings (SSSR count). The Hall–Kier alpha value is -0.400. The van der Waals surface area contributed by atoms with Gasteiger partial charge < -0.3 is 0 Å². The maximum atomic E-state index is 12.6. The summed E-state index contributed by atoms with van der Waals surface area (Å²) in [6.45, 7) is 0. The Balaban J connectivity index is 3.19. The molecule has 0 unspecified atom stereocenters. The Morgan fingerprint density at radius 3 is 2.33 bits per heavy atom. The summed E-state index contributed by atoms with van der Waals surface area (Å²) in [7, 11) is 0. The standard InChI is InChI=1S/C6H2F4IN/c7-4-1-3(11)2-12-5(4)6(8,9)10/h1-2H. The van der Waals surface area contributed by atoms with Crippen molar-refractivity contribution in [3.8, 4) is 0 Å². The zero-order chi connectivity index (χ0) is 9.35. The lowest BCUT2D eigenvalue weighted by Gasteiger charge is -2.05. The van der Waals surface area contributed by atoms with Crippen molar-refractivity contribution < 1.29 is 17.6 Å². The lowest BCUT2D eigenvalue weighted by Crippen LogP contribution is -2.10. The van der Waals surface area contributed by atoms with E-state index in [-0.39, 0.29) is 0 Å². The predicted molar refractivity (Wildman–Crippen MR) is 41.9 cm³/mol. The number of hydrogen-bond donors (Lipinski definition) is 0. The fourth-order valence-corrected chi connectivity index (χ4v) is 1.04. The molecule has 1 heterocycles. The van der Waals surface area contributed by atoms with E-state index in [2.05, 4.69) is 4.98 Å². The van der Waals surface area contributed by atoms with Gasteiger partial charge in [-0.1, -0.05) is 0 Å². The van der Waals surface area contributed by atoms with E-state index in [1.807, 2.05) is 0 Å².